The molecule has 5 nitrogen and oxygen atoms in total. The van der Waals surface area contributed by atoms with Gasteiger partial charge in [0.15, 0.2) is 5.71 Å². The normalized spacial score (nSPS) is 11.0. The highest BCUT2D eigenvalue weighted by molar-refractivity contribution is 7.82. The van der Waals surface area contributed by atoms with Gasteiger partial charge < -0.3 is 11.1 Å². The summed E-state index contributed by atoms with van der Waals surface area (Å²) in [5.41, 5.74) is 9.11. The molecule has 4 N–H and O–H groups in total. The monoisotopic (exact) mass is 366 g/mol. The average molecular weight is 367 g/mol. The summed E-state index contributed by atoms with van der Waals surface area (Å²) in [6.07, 6.45) is 0. The molecule has 0 unspecified atom stereocenters. The van der Waals surface area contributed by atoms with Crippen molar-refractivity contribution in [1.82, 2.24) is 0 Å². The second-order valence-corrected chi connectivity index (χ2v) is 5.58. The fourth-order valence-electron chi connectivity index (χ4n) is 1.64. The van der Waals surface area contributed by atoms with Gasteiger partial charge in [-0.05, 0) is 24.3 Å². The van der Waals surface area contributed by atoms with Crippen LogP contribution in [0.25, 0.3) is 0 Å². The molecule has 118 valence electrons. The molecule has 8 heteroatoms. The Balaban J connectivity index is 2.19. The van der Waals surface area contributed by atoms with Crippen LogP contribution in [-0.2, 0) is 4.79 Å². The molecule has 0 saturated heterocycles. The molecular weight excluding hydrogens is 355 g/mol. The van der Waals surface area contributed by atoms with Crippen molar-refractivity contribution >= 4 is 63.4 Å². The quantitative estimate of drug-likeness (QED) is 0.428. The van der Waals surface area contributed by atoms with Gasteiger partial charge in [-0.1, -0.05) is 59.7 Å². The number of hydrogen-bond donors (Lipinski definition) is 3. The van der Waals surface area contributed by atoms with E-state index in [1.807, 2.05) is 6.07 Å². The Morgan fingerprint density at radius 2 is 1.78 bits per heavy atom. The summed E-state index contributed by atoms with van der Waals surface area (Å²) in [6.45, 7) is 0. The zero-order valence-corrected chi connectivity index (χ0v) is 14.0. The van der Waals surface area contributed by atoms with E-state index < -0.39 is 5.91 Å². The topological polar surface area (TPSA) is 79.5 Å². The predicted molar refractivity (Wildman–Crippen MR) is 99.4 cm³/mol. The highest BCUT2D eigenvalue weighted by atomic mass is 35.5. The molecule has 0 heterocycles. The molecule has 0 saturated carbocycles. The van der Waals surface area contributed by atoms with Gasteiger partial charge >= 0.3 is 0 Å². The summed E-state index contributed by atoms with van der Waals surface area (Å²) >= 11 is 16.8. The lowest BCUT2D eigenvalue weighted by molar-refractivity contribution is -0.110. The molecule has 2 rings (SSSR count). The molecule has 0 aliphatic heterocycles. The lowest BCUT2D eigenvalue weighted by atomic mass is 10.3. The number of hydrogen-bond acceptors (Lipinski definition) is 4. The van der Waals surface area contributed by atoms with E-state index in [2.05, 4.69) is 15.8 Å². The fraction of sp³-hybridized carbons (Fsp3) is 0. The molecule has 0 atom stereocenters. The first-order chi connectivity index (χ1) is 11.0. The van der Waals surface area contributed by atoms with Gasteiger partial charge in [-0.25, -0.2) is 0 Å². The maximum absolute atomic E-state index is 12.2. The molecule has 0 aromatic heterocycles. The van der Waals surface area contributed by atoms with Crippen LogP contribution in [-0.4, -0.2) is 16.6 Å². The van der Waals surface area contributed by atoms with Gasteiger partial charge in [0, 0.05) is 5.69 Å². The van der Waals surface area contributed by atoms with Crippen molar-refractivity contribution in [3.63, 3.8) is 0 Å². The largest absolute Gasteiger partial charge is 0.388 e. The van der Waals surface area contributed by atoms with Gasteiger partial charge in [-0.3, -0.25) is 10.2 Å². The van der Waals surface area contributed by atoms with E-state index in [1.165, 1.54) is 0 Å². The van der Waals surface area contributed by atoms with E-state index in [4.69, 9.17) is 41.2 Å². The minimum Gasteiger partial charge on any atom is -0.388 e. The number of halogens is 2. The molecule has 1 amide bonds. The molecule has 0 bridgehead atoms. The third-order valence-corrected chi connectivity index (χ3v) is 3.73. The van der Waals surface area contributed by atoms with Gasteiger partial charge in [0.2, 0.25) is 0 Å². The van der Waals surface area contributed by atoms with Gasteiger partial charge in [-0.15, -0.1) is 0 Å². The molecule has 23 heavy (non-hydrogen) atoms. The van der Waals surface area contributed by atoms with Crippen molar-refractivity contribution in [2.24, 2.45) is 10.8 Å². The SMILES string of the molecule is NC(=S)C(=NNc1cccc(Cl)c1Cl)C(=O)Nc1ccccc1. The predicted octanol–water partition coefficient (Wildman–Crippen LogP) is 3.69. The first kappa shape index (κ1) is 17.2. The van der Waals surface area contributed by atoms with Gasteiger partial charge in [0.1, 0.15) is 4.99 Å². The second kappa shape index (κ2) is 7.92. The summed E-state index contributed by atoms with van der Waals surface area (Å²) in [5, 5.41) is 7.23. The summed E-state index contributed by atoms with van der Waals surface area (Å²) in [5.74, 6) is -0.533. The summed E-state index contributed by atoms with van der Waals surface area (Å²) in [4.78, 5) is 12.1. The van der Waals surface area contributed by atoms with Crippen LogP contribution in [0.2, 0.25) is 10.0 Å². The Bertz CT molecular complexity index is 765. The smallest absolute Gasteiger partial charge is 0.279 e. The molecule has 0 radical (unpaired) electrons. The minimum absolute atomic E-state index is 0.125. The molecule has 0 aliphatic carbocycles. The molecule has 2 aromatic carbocycles. The first-order valence-corrected chi connectivity index (χ1v) is 7.59. The fourth-order valence-corrected chi connectivity index (χ4v) is 2.12. The minimum atomic E-state index is -0.533. The Labute approximate surface area is 148 Å². The molecule has 0 spiro atoms. The standard InChI is InChI=1S/C15H12Cl2N4OS/c16-10-7-4-8-11(12(10)17)20-21-13(14(18)23)15(22)19-9-5-2-1-3-6-9/h1-8,20H,(H2,18,23)(H,19,22). The highest BCUT2D eigenvalue weighted by Gasteiger charge is 2.15. The summed E-state index contributed by atoms with van der Waals surface area (Å²) in [7, 11) is 0. The highest BCUT2D eigenvalue weighted by Crippen LogP contribution is 2.29. The van der Waals surface area contributed by atoms with Crippen LogP contribution < -0.4 is 16.5 Å². The van der Waals surface area contributed by atoms with Crippen molar-refractivity contribution < 1.29 is 4.79 Å². The molecule has 2 aromatic rings. The third kappa shape index (κ3) is 4.66. The average Bonchev–Trinajstić information content (AvgIpc) is 2.52. The van der Waals surface area contributed by atoms with Crippen molar-refractivity contribution in [2.75, 3.05) is 10.7 Å². The van der Waals surface area contributed by atoms with Crippen LogP contribution in [0.15, 0.2) is 53.6 Å². The van der Waals surface area contributed by atoms with E-state index in [0.717, 1.165) is 0 Å². The lowest BCUT2D eigenvalue weighted by Gasteiger charge is -2.09. The van der Waals surface area contributed by atoms with E-state index in [1.54, 1.807) is 42.5 Å². The second-order valence-electron chi connectivity index (χ2n) is 4.36. The Hall–Kier alpha value is -2.15. The van der Waals surface area contributed by atoms with Crippen LogP contribution in [0, 0.1) is 0 Å². The number of carbonyl (C=O) groups excluding carboxylic acids is 1. The van der Waals surface area contributed by atoms with Crippen molar-refractivity contribution in [3.05, 3.63) is 58.6 Å². The molecule has 0 fully saturated rings. The van der Waals surface area contributed by atoms with Crippen LogP contribution in [0.5, 0.6) is 0 Å². The number of hydrazone groups is 1. The lowest BCUT2D eigenvalue weighted by Crippen LogP contribution is -2.34. The number of para-hydroxylation sites is 1. The first-order valence-electron chi connectivity index (χ1n) is 6.43. The van der Waals surface area contributed by atoms with Gasteiger partial charge in [0.05, 0.1) is 15.7 Å². The van der Waals surface area contributed by atoms with E-state index in [9.17, 15) is 4.79 Å². The van der Waals surface area contributed by atoms with Gasteiger partial charge in [0.25, 0.3) is 5.91 Å². The van der Waals surface area contributed by atoms with Crippen LogP contribution in [0.4, 0.5) is 11.4 Å². The number of rotatable bonds is 5. The Morgan fingerprint density at radius 3 is 2.43 bits per heavy atom. The van der Waals surface area contributed by atoms with E-state index in [-0.39, 0.29) is 15.7 Å². The number of carbonyl (C=O) groups is 1. The number of thiocarbonyl (C=S) groups is 1. The van der Waals surface area contributed by atoms with Crippen LogP contribution >= 0.6 is 35.4 Å². The number of benzene rings is 2. The zero-order chi connectivity index (χ0) is 16.8. The molecule has 0 aliphatic rings. The number of nitrogens with one attached hydrogen (secondary N) is 2. The number of nitrogens with two attached hydrogens (primary N) is 1. The summed E-state index contributed by atoms with van der Waals surface area (Å²) in [6, 6.07) is 13.9. The van der Waals surface area contributed by atoms with Crippen molar-refractivity contribution in [2.45, 2.75) is 0 Å². The molecular formula is C15H12Cl2N4OS. The Morgan fingerprint density at radius 1 is 1.09 bits per heavy atom. The van der Waals surface area contributed by atoms with Crippen molar-refractivity contribution in [3.8, 4) is 0 Å². The van der Waals surface area contributed by atoms with Crippen LogP contribution in [0.1, 0.15) is 0 Å². The van der Waals surface area contributed by atoms with E-state index in [0.29, 0.717) is 16.4 Å². The number of amides is 1. The maximum Gasteiger partial charge on any atom is 0.279 e. The summed E-state index contributed by atoms with van der Waals surface area (Å²) < 4.78 is 0. The number of anilines is 2. The van der Waals surface area contributed by atoms with E-state index >= 15 is 0 Å². The van der Waals surface area contributed by atoms with Crippen LogP contribution in [0.3, 0.4) is 0 Å². The van der Waals surface area contributed by atoms with Gasteiger partial charge in [-0.2, -0.15) is 5.10 Å². The van der Waals surface area contributed by atoms with Crippen molar-refractivity contribution in [1.29, 1.82) is 0 Å². The zero-order valence-electron chi connectivity index (χ0n) is 11.7. The maximum atomic E-state index is 12.2. The third-order valence-electron chi connectivity index (χ3n) is 2.72. The number of nitrogens with zero attached hydrogens (tertiary/aromatic N) is 1. The Kier molecular flexibility index (Phi) is 5.92.